The molecule has 2 N–H and O–H groups in total. The molecule has 1 aromatic rings. The smallest absolute Gasteiger partial charge is 0.413 e. The van der Waals surface area contributed by atoms with Crippen molar-refractivity contribution >= 4 is 35.6 Å². The van der Waals surface area contributed by atoms with Gasteiger partial charge in [0.2, 0.25) is 0 Å². The van der Waals surface area contributed by atoms with E-state index in [-0.39, 0.29) is 6.04 Å². The Morgan fingerprint density at radius 2 is 2.00 bits per heavy atom. The monoisotopic (exact) mass is 455 g/mol. The fourth-order valence-corrected chi connectivity index (χ4v) is 3.39. The van der Waals surface area contributed by atoms with Crippen molar-refractivity contribution in [2.24, 2.45) is 4.99 Å². The summed E-state index contributed by atoms with van der Waals surface area (Å²) in [6.45, 7) is 13.4. The van der Waals surface area contributed by atoms with E-state index in [0.29, 0.717) is 23.6 Å². The Hall–Kier alpha value is -3.49. The van der Waals surface area contributed by atoms with Crippen LogP contribution in [0.25, 0.3) is 0 Å². The zero-order valence-corrected chi connectivity index (χ0v) is 20.0. The van der Waals surface area contributed by atoms with Crippen LogP contribution in [0.2, 0.25) is 0 Å². The van der Waals surface area contributed by atoms with Crippen LogP contribution in [0.15, 0.2) is 41.7 Å². The highest BCUT2D eigenvalue weighted by molar-refractivity contribution is 6.39. The minimum absolute atomic E-state index is 0.249. The minimum atomic E-state index is -0.751. The van der Waals surface area contributed by atoms with Crippen LogP contribution in [-0.4, -0.2) is 52.2 Å². The number of ether oxygens (including phenoxy) is 1. The standard InChI is InChI=1S/C24H33N5O4/c1-7-25-12-11-16(2)19-10-8-9-13-29(19)22(31)21(30)27-18-14-17(3)20(26-15-18)28-23(32)33-24(4,5)6/h7,11-12,14-15,19H,2,8-10,13H2,1,3-6H3,(H,27,30)(H,26,28,32)/b12-11-,25-7-/t19-/m0/s1. The highest BCUT2D eigenvalue weighted by atomic mass is 16.6. The molecule has 178 valence electrons. The number of anilines is 2. The number of hydrogen-bond donors (Lipinski definition) is 2. The number of hydrogen-bond acceptors (Lipinski definition) is 6. The van der Waals surface area contributed by atoms with E-state index in [0.717, 1.165) is 24.8 Å². The van der Waals surface area contributed by atoms with Crippen molar-refractivity contribution in [1.29, 1.82) is 0 Å². The number of likely N-dealkylation sites (tertiary alicyclic amines) is 1. The van der Waals surface area contributed by atoms with Gasteiger partial charge in [-0.1, -0.05) is 6.58 Å². The molecule has 1 fully saturated rings. The van der Waals surface area contributed by atoms with Crippen molar-refractivity contribution in [3.63, 3.8) is 0 Å². The van der Waals surface area contributed by atoms with E-state index in [1.807, 2.05) is 6.92 Å². The van der Waals surface area contributed by atoms with Gasteiger partial charge < -0.3 is 15.0 Å². The SMILES string of the molecule is C=C(/C=C\N=C/C)[C@@H]1CCCCN1C(=O)C(=O)Nc1cnc(NC(=O)OC(C)(C)C)c(C)c1. The molecule has 0 radical (unpaired) electrons. The van der Waals surface area contributed by atoms with Crippen LogP contribution in [0.1, 0.15) is 52.5 Å². The van der Waals surface area contributed by atoms with Crippen LogP contribution in [0, 0.1) is 6.92 Å². The van der Waals surface area contributed by atoms with Crippen LogP contribution >= 0.6 is 0 Å². The first-order chi connectivity index (χ1) is 15.5. The number of aryl methyl sites for hydroxylation is 1. The highest BCUT2D eigenvalue weighted by Crippen LogP contribution is 2.24. The third-order valence-corrected chi connectivity index (χ3v) is 4.87. The van der Waals surface area contributed by atoms with Crippen molar-refractivity contribution in [1.82, 2.24) is 9.88 Å². The van der Waals surface area contributed by atoms with E-state index >= 15 is 0 Å². The molecule has 0 unspecified atom stereocenters. The Bertz CT molecular complexity index is 962. The van der Waals surface area contributed by atoms with Crippen LogP contribution in [0.3, 0.4) is 0 Å². The number of carbonyl (C=O) groups is 3. The lowest BCUT2D eigenvalue weighted by atomic mass is 9.95. The summed E-state index contributed by atoms with van der Waals surface area (Å²) in [5, 5.41) is 5.18. The van der Waals surface area contributed by atoms with Gasteiger partial charge in [-0.2, -0.15) is 0 Å². The molecule has 1 aliphatic rings. The average Bonchev–Trinajstić information content (AvgIpc) is 2.74. The summed E-state index contributed by atoms with van der Waals surface area (Å²) in [6.07, 6.45) is 8.32. The lowest BCUT2D eigenvalue weighted by Crippen LogP contribution is -2.48. The minimum Gasteiger partial charge on any atom is -0.444 e. The Kier molecular flexibility index (Phi) is 8.90. The molecule has 9 nitrogen and oxygen atoms in total. The first kappa shape index (κ1) is 25.8. The van der Waals surface area contributed by atoms with E-state index < -0.39 is 23.5 Å². The molecule has 3 amide bonds. The second kappa shape index (κ2) is 11.4. The number of aliphatic imine (C=N–C) groups is 1. The normalized spacial score (nSPS) is 16.6. The first-order valence-electron chi connectivity index (χ1n) is 10.9. The van der Waals surface area contributed by atoms with E-state index in [1.54, 1.807) is 57.2 Å². The van der Waals surface area contributed by atoms with E-state index in [4.69, 9.17) is 4.74 Å². The van der Waals surface area contributed by atoms with Crippen molar-refractivity contribution in [3.05, 3.63) is 42.3 Å². The first-order valence-corrected chi connectivity index (χ1v) is 10.9. The molecular formula is C24H33N5O4. The third-order valence-electron chi connectivity index (χ3n) is 4.87. The molecule has 0 saturated carbocycles. The molecule has 1 atom stereocenters. The molecule has 1 saturated heterocycles. The van der Waals surface area contributed by atoms with Gasteiger partial charge in [0.1, 0.15) is 11.4 Å². The lowest BCUT2D eigenvalue weighted by molar-refractivity contribution is -0.145. The van der Waals surface area contributed by atoms with Gasteiger partial charge >= 0.3 is 17.9 Å². The van der Waals surface area contributed by atoms with Crippen LogP contribution in [0.5, 0.6) is 0 Å². The Balaban J connectivity index is 2.05. The highest BCUT2D eigenvalue weighted by Gasteiger charge is 2.31. The molecule has 1 aliphatic heterocycles. The summed E-state index contributed by atoms with van der Waals surface area (Å²) in [6, 6.07) is 1.38. The van der Waals surface area contributed by atoms with Crippen molar-refractivity contribution < 1.29 is 19.1 Å². The Morgan fingerprint density at radius 3 is 2.64 bits per heavy atom. The van der Waals surface area contributed by atoms with Gasteiger partial charge in [-0.15, -0.1) is 0 Å². The summed E-state index contributed by atoms with van der Waals surface area (Å²) in [5.41, 5.74) is 1.06. The van der Waals surface area contributed by atoms with Gasteiger partial charge in [0.15, 0.2) is 0 Å². The zero-order valence-electron chi connectivity index (χ0n) is 20.0. The number of nitrogens with one attached hydrogen (secondary N) is 2. The molecule has 2 rings (SSSR count). The summed E-state index contributed by atoms with van der Waals surface area (Å²) >= 11 is 0. The van der Waals surface area contributed by atoms with Gasteiger partial charge in [-0.25, -0.2) is 9.78 Å². The molecule has 9 heteroatoms. The number of carbonyl (C=O) groups excluding carboxylic acids is 3. The molecule has 33 heavy (non-hydrogen) atoms. The quantitative estimate of drug-likeness (QED) is 0.392. The van der Waals surface area contributed by atoms with Crippen LogP contribution in [-0.2, 0) is 14.3 Å². The molecule has 1 aromatic heterocycles. The van der Waals surface area contributed by atoms with E-state index in [2.05, 4.69) is 27.2 Å². The lowest BCUT2D eigenvalue weighted by Gasteiger charge is -2.35. The fraction of sp³-hybridized carbons (Fsp3) is 0.458. The zero-order chi connectivity index (χ0) is 24.6. The number of piperidine rings is 1. The van der Waals surface area contributed by atoms with Crippen molar-refractivity contribution in [3.8, 4) is 0 Å². The summed E-state index contributed by atoms with van der Waals surface area (Å²) in [7, 11) is 0. The maximum Gasteiger partial charge on any atom is 0.413 e. The number of rotatable bonds is 5. The molecule has 0 bridgehead atoms. The second-order valence-corrected chi connectivity index (χ2v) is 8.78. The number of amides is 3. The maximum absolute atomic E-state index is 12.9. The summed E-state index contributed by atoms with van der Waals surface area (Å²) < 4.78 is 5.22. The van der Waals surface area contributed by atoms with Crippen molar-refractivity contribution in [2.45, 2.75) is 65.5 Å². The molecule has 0 spiro atoms. The number of nitrogens with zero attached hydrogens (tertiary/aromatic N) is 3. The van der Waals surface area contributed by atoms with E-state index in [9.17, 15) is 14.4 Å². The van der Waals surface area contributed by atoms with Crippen molar-refractivity contribution in [2.75, 3.05) is 17.2 Å². The number of pyridine rings is 1. The summed E-state index contributed by atoms with van der Waals surface area (Å²) in [4.78, 5) is 47.3. The molecule has 0 aromatic carbocycles. The van der Waals surface area contributed by atoms with Gasteiger partial charge in [-0.05, 0) is 77.2 Å². The van der Waals surface area contributed by atoms with Crippen LogP contribution in [0.4, 0.5) is 16.3 Å². The predicted molar refractivity (Wildman–Crippen MR) is 129 cm³/mol. The maximum atomic E-state index is 12.9. The van der Waals surface area contributed by atoms with E-state index in [1.165, 1.54) is 6.20 Å². The topological polar surface area (TPSA) is 113 Å². The molecular weight excluding hydrogens is 422 g/mol. The average molecular weight is 456 g/mol. The van der Waals surface area contributed by atoms with Gasteiger partial charge in [0.25, 0.3) is 0 Å². The van der Waals surface area contributed by atoms with Crippen LogP contribution < -0.4 is 10.6 Å². The number of aromatic nitrogens is 1. The largest absolute Gasteiger partial charge is 0.444 e. The van der Waals surface area contributed by atoms with Gasteiger partial charge in [0.05, 0.1) is 17.9 Å². The molecule has 0 aliphatic carbocycles. The second-order valence-electron chi connectivity index (χ2n) is 8.78. The Morgan fingerprint density at radius 1 is 1.27 bits per heavy atom. The third kappa shape index (κ3) is 7.85. The Labute approximate surface area is 195 Å². The summed E-state index contributed by atoms with van der Waals surface area (Å²) in [5.74, 6) is -1.07. The molecule has 2 heterocycles. The van der Waals surface area contributed by atoms with Gasteiger partial charge in [-0.3, -0.25) is 19.9 Å². The van der Waals surface area contributed by atoms with Gasteiger partial charge in [0, 0.05) is 19.0 Å². The predicted octanol–water partition coefficient (Wildman–Crippen LogP) is 4.22. The fourth-order valence-electron chi connectivity index (χ4n) is 3.39.